The molecule has 0 atom stereocenters. The van der Waals surface area contributed by atoms with E-state index in [0.717, 1.165) is 24.2 Å². The van der Waals surface area contributed by atoms with Gasteiger partial charge in [-0.05, 0) is 70.4 Å². The summed E-state index contributed by atoms with van der Waals surface area (Å²) in [7, 11) is 0. The summed E-state index contributed by atoms with van der Waals surface area (Å²) in [6.45, 7) is 9.19. The minimum atomic E-state index is -0.0202. The van der Waals surface area contributed by atoms with Crippen LogP contribution >= 0.6 is 0 Å². The Morgan fingerprint density at radius 1 is 1.15 bits per heavy atom. The topological polar surface area (TPSA) is 63.2 Å². The lowest BCUT2D eigenvalue weighted by Gasteiger charge is -2.46. The third-order valence-electron chi connectivity index (χ3n) is 4.78. The molecule has 1 amide bonds. The maximum Gasteiger partial charge on any atom is 0.251 e. The highest BCUT2D eigenvalue weighted by Crippen LogP contribution is 2.28. The minimum Gasteiger partial charge on any atom is -0.487 e. The van der Waals surface area contributed by atoms with Crippen LogP contribution < -0.4 is 15.4 Å². The lowest BCUT2D eigenvalue weighted by atomic mass is 9.79. The molecule has 2 heterocycles. The molecule has 0 bridgehead atoms. The van der Waals surface area contributed by atoms with Crippen molar-refractivity contribution in [3.63, 3.8) is 0 Å². The summed E-state index contributed by atoms with van der Waals surface area (Å²) in [5.74, 6) is 0.712. The molecule has 27 heavy (non-hydrogen) atoms. The number of hydrogen-bond donors (Lipinski definition) is 2. The first-order chi connectivity index (χ1) is 12.7. The number of ether oxygens (including phenoxy) is 1. The van der Waals surface area contributed by atoms with Crippen LogP contribution in [0.25, 0.3) is 0 Å². The van der Waals surface area contributed by atoms with Crippen molar-refractivity contribution >= 4 is 5.91 Å². The van der Waals surface area contributed by atoms with E-state index in [2.05, 4.69) is 43.3 Å². The number of amides is 1. The molecule has 1 fully saturated rings. The Kier molecular flexibility index (Phi) is 5.51. The zero-order valence-corrected chi connectivity index (χ0v) is 16.6. The van der Waals surface area contributed by atoms with Gasteiger partial charge in [-0.3, -0.25) is 9.78 Å². The van der Waals surface area contributed by atoms with Crippen LogP contribution in [0.15, 0.2) is 48.8 Å². The van der Waals surface area contributed by atoms with Gasteiger partial charge in [0.15, 0.2) is 0 Å². The highest BCUT2D eigenvalue weighted by Gasteiger charge is 2.38. The number of nitrogens with zero attached hydrogens (tertiary/aromatic N) is 1. The molecular formula is C22H29N3O2. The van der Waals surface area contributed by atoms with E-state index >= 15 is 0 Å². The molecule has 1 aliphatic heterocycles. The van der Waals surface area contributed by atoms with Gasteiger partial charge in [-0.15, -0.1) is 0 Å². The fraction of sp³-hybridized carbons (Fsp3) is 0.455. The van der Waals surface area contributed by atoms with Crippen LogP contribution in [-0.2, 0) is 6.61 Å². The molecule has 0 saturated carbocycles. The van der Waals surface area contributed by atoms with Crippen molar-refractivity contribution in [1.29, 1.82) is 0 Å². The van der Waals surface area contributed by atoms with Gasteiger partial charge in [0.1, 0.15) is 12.4 Å². The second-order valence-corrected chi connectivity index (χ2v) is 8.65. The van der Waals surface area contributed by atoms with E-state index in [9.17, 15) is 4.79 Å². The van der Waals surface area contributed by atoms with Gasteiger partial charge in [-0.1, -0.05) is 12.1 Å². The van der Waals surface area contributed by atoms with E-state index in [4.69, 9.17) is 4.74 Å². The molecule has 144 valence electrons. The third-order valence-corrected chi connectivity index (χ3v) is 4.78. The van der Waals surface area contributed by atoms with E-state index in [-0.39, 0.29) is 23.0 Å². The Bertz CT molecular complexity index is 754. The summed E-state index contributed by atoms with van der Waals surface area (Å²) in [6.07, 6.45) is 5.23. The molecule has 0 aliphatic carbocycles. The molecule has 0 spiro atoms. The average molecular weight is 367 g/mol. The molecule has 5 heteroatoms. The van der Waals surface area contributed by atoms with Gasteiger partial charge in [0.25, 0.3) is 5.91 Å². The monoisotopic (exact) mass is 367 g/mol. The Hall–Kier alpha value is -2.40. The van der Waals surface area contributed by atoms with Crippen LogP contribution in [0.5, 0.6) is 5.75 Å². The fourth-order valence-corrected chi connectivity index (χ4v) is 4.04. The maximum absolute atomic E-state index is 12.7. The number of pyridine rings is 1. The van der Waals surface area contributed by atoms with E-state index < -0.39 is 0 Å². The summed E-state index contributed by atoms with van der Waals surface area (Å²) < 4.78 is 5.69. The predicted octanol–water partition coefficient (Wildman–Crippen LogP) is 3.70. The van der Waals surface area contributed by atoms with Gasteiger partial charge < -0.3 is 15.4 Å². The smallest absolute Gasteiger partial charge is 0.251 e. The molecule has 0 unspecified atom stereocenters. The SMILES string of the molecule is CC1(C)CC(NC(=O)c2ccc(COc3cccnc3)cc2)CC(C)(C)N1. The van der Waals surface area contributed by atoms with Crippen molar-refractivity contribution in [3.8, 4) is 5.75 Å². The summed E-state index contributed by atoms with van der Waals surface area (Å²) in [6, 6.07) is 11.5. The molecule has 2 aromatic rings. The number of hydrogen-bond acceptors (Lipinski definition) is 4. The van der Waals surface area contributed by atoms with Crippen molar-refractivity contribution < 1.29 is 9.53 Å². The first-order valence-electron chi connectivity index (χ1n) is 9.44. The number of nitrogens with one attached hydrogen (secondary N) is 2. The fourth-order valence-electron chi connectivity index (χ4n) is 4.04. The normalized spacial score (nSPS) is 18.7. The molecule has 2 N–H and O–H groups in total. The second kappa shape index (κ2) is 7.69. The number of rotatable bonds is 5. The van der Waals surface area contributed by atoms with Crippen LogP contribution in [0.3, 0.4) is 0 Å². The number of piperidine rings is 1. The molecule has 1 aromatic carbocycles. The first-order valence-corrected chi connectivity index (χ1v) is 9.44. The Balaban J connectivity index is 1.57. The van der Waals surface area contributed by atoms with E-state index in [1.165, 1.54) is 0 Å². The lowest BCUT2D eigenvalue weighted by molar-refractivity contribution is 0.0873. The highest BCUT2D eigenvalue weighted by molar-refractivity contribution is 5.94. The van der Waals surface area contributed by atoms with Crippen LogP contribution in [0.2, 0.25) is 0 Å². The molecular weight excluding hydrogens is 338 g/mol. The molecule has 5 nitrogen and oxygen atoms in total. The number of carbonyl (C=O) groups is 1. The van der Waals surface area contributed by atoms with Crippen LogP contribution in [-0.4, -0.2) is 28.0 Å². The summed E-state index contributed by atoms with van der Waals surface area (Å²) in [5.41, 5.74) is 1.70. The van der Waals surface area contributed by atoms with Crippen molar-refractivity contribution in [3.05, 3.63) is 59.9 Å². The van der Waals surface area contributed by atoms with Crippen molar-refractivity contribution in [1.82, 2.24) is 15.6 Å². The Labute approximate surface area is 161 Å². The van der Waals surface area contributed by atoms with Gasteiger partial charge in [0.2, 0.25) is 0 Å². The molecule has 1 aromatic heterocycles. The lowest BCUT2D eigenvalue weighted by Crippen LogP contribution is -2.62. The number of aromatic nitrogens is 1. The summed E-state index contributed by atoms with van der Waals surface area (Å²) >= 11 is 0. The third kappa shape index (κ3) is 5.54. The zero-order valence-electron chi connectivity index (χ0n) is 16.6. The molecule has 3 rings (SSSR count). The molecule has 1 aliphatic rings. The van der Waals surface area contributed by atoms with Crippen molar-refractivity contribution in [2.24, 2.45) is 0 Å². The second-order valence-electron chi connectivity index (χ2n) is 8.65. The van der Waals surface area contributed by atoms with Crippen LogP contribution in [0, 0.1) is 0 Å². The van der Waals surface area contributed by atoms with Crippen molar-refractivity contribution in [2.45, 2.75) is 64.3 Å². The first kappa shape index (κ1) is 19.4. The van der Waals surface area contributed by atoms with E-state index in [1.807, 2.05) is 36.4 Å². The van der Waals surface area contributed by atoms with Gasteiger partial charge in [-0.2, -0.15) is 0 Å². The van der Waals surface area contributed by atoms with Crippen LogP contribution in [0.1, 0.15) is 56.5 Å². The number of carbonyl (C=O) groups excluding carboxylic acids is 1. The quantitative estimate of drug-likeness (QED) is 0.846. The van der Waals surface area contributed by atoms with Gasteiger partial charge in [0.05, 0.1) is 6.20 Å². The van der Waals surface area contributed by atoms with Gasteiger partial charge in [-0.25, -0.2) is 0 Å². The average Bonchev–Trinajstić information content (AvgIpc) is 2.58. The predicted molar refractivity (Wildman–Crippen MR) is 107 cm³/mol. The molecule has 1 saturated heterocycles. The molecule has 0 radical (unpaired) electrons. The van der Waals surface area contributed by atoms with Crippen LogP contribution in [0.4, 0.5) is 0 Å². The Morgan fingerprint density at radius 3 is 2.41 bits per heavy atom. The summed E-state index contributed by atoms with van der Waals surface area (Å²) in [5, 5.41) is 6.85. The maximum atomic E-state index is 12.7. The van der Waals surface area contributed by atoms with E-state index in [0.29, 0.717) is 12.2 Å². The van der Waals surface area contributed by atoms with Crippen molar-refractivity contribution in [2.75, 3.05) is 0 Å². The van der Waals surface area contributed by atoms with Gasteiger partial charge in [0, 0.05) is 28.9 Å². The Morgan fingerprint density at radius 2 is 1.81 bits per heavy atom. The zero-order chi connectivity index (χ0) is 19.5. The highest BCUT2D eigenvalue weighted by atomic mass is 16.5. The van der Waals surface area contributed by atoms with E-state index in [1.54, 1.807) is 12.4 Å². The number of benzene rings is 1. The standard InChI is InChI=1S/C22H29N3O2/c1-21(2)12-18(13-22(3,4)25-21)24-20(26)17-9-7-16(8-10-17)15-27-19-6-5-11-23-14-19/h5-11,14,18,25H,12-13,15H2,1-4H3,(H,24,26). The minimum absolute atomic E-state index is 0.00713. The summed E-state index contributed by atoms with van der Waals surface area (Å²) in [4.78, 5) is 16.7. The van der Waals surface area contributed by atoms with Gasteiger partial charge >= 0.3 is 0 Å². The largest absolute Gasteiger partial charge is 0.487 e.